The summed E-state index contributed by atoms with van der Waals surface area (Å²) < 4.78 is 61.5. The number of aliphatic imine (C=N–C) groups is 1. The van der Waals surface area contributed by atoms with Crippen molar-refractivity contribution in [3.63, 3.8) is 0 Å². The molecule has 1 aromatic carbocycles. The number of nitrogens with two attached hydrogens (primary N) is 1. The number of rotatable bonds is 6. The van der Waals surface area contributed by atoms with E-state index in [4.69, 9.17) is 10.5 Å². The van der Waals surface area contributed by atoms with Crippen LogP contribution in [0.5, 0.6) is 5.88 Å². The van der Waals surface area contributed by atoms with Crippen LogP contribution in [0.25, 0.3) is 11.0 Å². The first-order valence-electron chi connectivity index (χ1n) is 10.9. The number of benzene rings is 1. The minimum atomic E-state index is -2.68. The zero-order valence-corrected chi connectivity index (χ0v) is 20.0. The molecule has 3 heterocycles. The summed E-state index contributed by atoms with van der Waals surface area (Å²) in [6, 6.07) is 3.92. The Morgan fingerprint density at radius 3 is 2.86 bits per heavy atom. The second kappa shape index (κ2) is 8.81. The fraction of sp³-hybridized carbons (Fsp3) is 0.333. The van der Waals surface area contributed by atoms with Gasteiger partial charge in [0.2, 0.25) is 5.88 Å². The van der Waals surface area contributed by atoms with E-state index < -0.39 is 34.3 Å². The maximum absolute atomic E-state index is 15.1. The Bertz CT molecular complexity index is 1460. The van der Waals surface area contributed by atoms with Crippen molar-refractivity contribution in [3.8, 4) is 17.7 Å². The fourth-order valence-electron chi connectivity index (χ4n) is 4.54. The van der Waals surface area contributed by atoms with Crippen LogP contribution in [-0.4, -0.2) is 37.9 Å². The molecule has 36 heavy (non-hydrogen) atoms. The molecule has 2 aliphatic rings. The van der Waals surface area contributed by atoms with Gasteiger partial charge in [0.05, 0.1) is 22.0 Å². The molecule has 0 saturated heterocycles. The zero-order valence-electron chi connectivity index (χ0n) is 19.2. The maximum Gasteiger partial charge on any atom is 0.253 e. The van der Waals surface area contributed by atoms with E-state index in [1.54, 1.807) is 13.0 Å². The highest BCUT2D eigenvalue weighted by Gasteiger charge is 2.71. The third-order valence-electron chi connectivity index (χ3n) is 6.38. The van der Waals surface area contributed by atoms with E-state index in [1.165, 1.54) is 25.4 Å². The summed E-state index contributed by atoms with van der Waals surface area (Å²) in [4.78, 5) is 17.2. The van der Waals surface area contributed by atoms with E-state index in [0.717, 1.165) is 17.8 Å². The molecule has 12 heteroatoms. The number of halogens is 4. The number of hydrogen-bond acceptors (Lipinski definition) is 8. The second-order valence-corrected chi connectivity index (χ2v) is 9.99. The molecular formula is C24H20F4N6OS. The summed E-state index contributed by atoms with van der Waals surface area (Å²) in [6.45, 7) is 3.35. The molecule has 1 aliphatic carbocycles. The molecule has 0 amide bonds. The molecule has 1 fully saturated rings. The topological polar surface area (TPSA) is 98.3 Å². The number of fused-ring (bicyclic) bond motifs is 2. The molecule has 7 nitrogen and oxygen atoms in total. The highest BCUT2D eigenvalue weighted by molar-refractivity contribution is 8.15. The molecule has 3 atom stereocenters. The first-order valence-corrected chi connectivity index (χ1v) is 11.7. The summed E-state index contributed by atoms with van der Waals surface area (Å²) >= 11 is 0.796. The average Bonchev–Trinajstić information content (AvgIpc) is 3.58. The van der Waals surface area contributed by atoms with Crippen LogP contribution in [0, 0.1) is 29.4 Å². The number of ether oxygens (including phenoxy) is 1. The van der Waals surface area contributed by atoms with Gasteiger partial charge in [0, 0.05) is 29.4 Å². The van der Waals surface area contributed by atoms with Crippen molar-refractivity contribution in [2.24, 2.45) is 16.6 Å². The molecule has 2 aromatic heterocycles. The number of pyridine rings is 1. The van der Waals surface area contributed by atoms with Gasteiger partial charge in [0.1, 0.15) is 5.52 Å². The zero-order chi connectivity index (χ0) is 25.7. The Morgan fingerprint density at radius 1 is 1.31 bits per heavy atom. The maximum atomic E-state index is 15.1. The van der Waals surface area contributed by atoms with Crippen LogP contribution < -0.4 is 15.8 Å². The van der Waals surface area contributed by atoms with Crippen molar-refractivity contribution in [1.82, 2.24) is 15.0 Å². The molecule has 0 unspecified atom stereocenters. The predicted molar refractivity (Wildman–Crippen MR) is 129 cm³/mol. The van der Waals surface area contributed by atoms with E-state index in [-0.39, 0.29) is 41.1 Å². The van der Waals surface area contributed by atoms with Gasteiger partial charge in [-0.1, -0.05) is 17.7 Å². The number of thioether (sulfide) groups is 1. The van der Waals surface area contributed by atoms with Crippen molar-refractivity contribution in [2.75, 3.05) is 11.9 Å². The standard InChI is InChI=1S/C24H20F4N6OS/c1-3-4-7-35-17-11-31-19-15(33-17)5-6-30-20(19)32-12-8-13(18(26)14(25)9-12)23(2)16-10-24(16,21(27)28)36-22(29)34-23/h5-6,8-9,11,16,21H,7,10H2,1-2H3,(H2,29,34)(H,30,32)/t16-,23+,24-/m0/s1. The molecule has 0 radical (unpaired) electrons. The van der Waals surface area contributed by atoms with Crippen LogP contribution in [0.2, 0.25) is 0 Å². The molecule has 0 spiro atoms. The minimum Gasteiger partial charge on any atom is -0.463 e. The fourth-order valence-corrected chi connectivity index (χ4v) is 5.88. The SMILES string of the molecule is CC#CCOc1cnc2c(Nc3cc(F)c(F)c([C@@]4(C)N=C(N)S[C@@]5(C(F)F)C[C@@H]45)c3)nccc2n1. The van der Waals surface area contributed by atoms with Crippen molar-refractivity contribution >= 4 is 39.5 Å². The van der Waals surface area contributed by atoms with Crippen LogP contribution in [-0.2, 0) is 5.54 Å². The molecule has 0 bridgehead atoms. The highest BCUT2D eigenvalue weighted by atomic mass is 32.2. The van der Waals surface area contributed by atoms with Crippen LogP contribution in [0.15, 0.2) is 35.6 Å². The van der Waals surface area contributed by atoms with E-state index >= 15 is 4.39 Å². The van der Waals surface area contributed by atoms with Crippen LogP contribution in [0.4, 0.5) is 29.1 Å². The van der Waals surface area contributed by atoms with Gasteiger partial charge in [0.25, 0.3) is 6.43 Å². The lowest BCUT2D eigenvalue weighted by atomic mass is 9.85. The molecule has 3 aromatic rings. The van der Waals surface area contributed by atoms with Gasteiger partial charge in [0.15, 0.2) is 29.2 Å². The summed E-state index contributed by atoms with van der Waals surface area (Å²) in [5.74, 6) is 2.94. The third kappa shape index (κ3) is 3.97. The Morgan fingerprint density at radius 2 is 2.11 bits per heavy atom. The average molecular weight is 517 g/mol. The second-order valence-electron chi connectivity index (χ2n) is 8.61. The molecule has 186 valence electrons. The molecule has 1 aliphatic heterocycles. The van der Waals surface area contributed by atoms with Gasteiger partial charge < -0.3 is 15.8 Å². The van der Waals surface area contributed by atoms with E-state index in [1.807, 2.05) is 0 Å². The Hall–Kier alpha value is -3.59. The van der Waals surface area contributed by atoms with Crippen LogP contribution >= 0.6 is 11.8 Å². The van der Waals surface area contributed by atoms with Crippen molar-refractivity contribution in [3.05, 3.63) is 47.8 Å². The Kier molecular flexibility index (Phi) is 5.90. The first-order chi connectivity index (χ1) is 17.2. The van der Waals surface area contributed by atoms with Gasteiger partial charge in [-0.2, -0.15) is 0 Å². The number of aromatic nitrogens is 3. The van der Waals surface area contributed by atoms with Crippen molar-refractivity contribution < 1.29 is 22.3 Å². The van der Waals surface area contributed by atoms with Crippen LogP contribution in [0.3, 0.4) is 0 Å². The lowest BCUT2D eigenvalue weighted by Gasteiger charge is -2.34. The predicted octanol–water partition coefficient (Wildman–Crippen LogP) is 4.75. The minimum absolute atomic E-state index is 0.0846. The number of hydrogen-bond donors (Lipinski definition) is 2. The summed E-state index contributed by atoms with van der Waals surface area (Å²) in [6.07, 6.45) is 0.278. The molecular weight excluding hydrogens is 496 g/mol. The Labute approximate surface area is 208 Å². The van der Waals surface area contributed by atoms with Gasteiger partial charge in [-0.3, -0.25) is 4.99 Å². The number of amidine groups is 1. The van der Waals surface area contributed by atoms with E-state index in [2.05, 4.69) is 37.1 Å². The van der Waals surface area contributed by atoms with E-state index in [9.17, 15) is 13.2 Å². The van der Waals surface area contributed by atoms with Gasteiger partial charge in [-0.25, -0.2) is 32.5 Å². The number of anilines is 2. The lowest BCUT2D eigenvalue weighted by Crippen LogP contribution is -2.39. The molecule has 1 saturated carbocycles. The monoisotopic (exact) mass is 516 g/mol. The number of nitrogens with one attached hydrogen (secondary N) is 1. The van der Waals surface area contributed by atoms with Crippen LogP contribution in [0.1, 0.15) is 25.8 Å². The van der Waals surface area contributed by atoms with Gasteiger partial charge in [-0.15, -0.1) is 5.92 Å². The number of alkyl halides is 2. The van der Waals surface area contributed by atoms with E-state index in [0.29, 0.717) is 11.0 Å². The molecule has 3 N–H and O–H groups in total. The van der Waals surface area contributed by atoms with Gasteiger partial charge >= 0.3 is 0 Å². The van der Waals surface area contributed by atoms with Crippen molar-refractivity contribution in [1.29, 1.82) is 0 Å². The summed E-state index contributed by atoms with van der Waals surface area (Å²) in [5, 5.41) is 2.85. The quantitative estimate of drug-likeness (QED) is 0.360. The lowest BCUT2D eigenvalue weighted by molar-refractivity contribution is 0.123. The Balaban J connectivity index is 1.51. The van der Waals surface area contributed by atoms with Crippen molar-refractivity contribution in [2.45, 2.75) is 37.0 Å². The number of nitrogens with zero attached hydrogens (tertiary/aromatic N) is 4. The summed E-state index contributed by atoms with van der Waals surface area (Å²) in [5.41, 5.74) is 5.17. The first kappa shape index (κ1) is 24.1. The largest absolute Gasteiger partial charge is 0.463 e. The summed E-state index contributed by atoms with van der Waals surface area (Å²) in [7, 11) is 0. The smallest absolute Gasteiger partial charge is 0.253 e. The third-order valence-corrected chi connectivity index (χ3v) is 7.69. The normalized spacial score (nSPS) is 24.5. The van der Waals surface area contributed by atoms with Gasteiger partial charge in [-0.05, 0) is 32.4 Å². The molecule has 5 rings (SSSR count). The highest BCUT2D eigenvalue weighted by Crippen LogP contribution is 2.68.